The lowest BCUT2D eigenvalue weighted by molar-refractivity contribution is 0.0434. The van der Waals surface area contributed by atoms with Gasteiger partial charge in [0.1, 0.15) is 28.5 Å². The first-order chi connectivity index (χ1) is 12.1. The van der Waals surface area contributed by atoms with Crippen molar-refractivity contribution in [1.82, 2.24) is 5.16 Å². The first-order valence-electron chi connectivity index (χ1n) is 7.36. The van der Waals surface area contributed by atoms with Crippen LogP contribution < -0.4 is 4.74 Å². The predicted octanol–water partition coefficient (Wildman–Crippen LogP) is 3.12. The van der Waals surface area contributed by atoms with E-state index in [2.05, 4.69) is 5.16 Å². The van der Waals surface area contributed by atoms with E-state index < -0.39 is 5.97 Å². The molecule has 0 bridgehead atoms. The van der Waals surface area contributed by atoms with Crippen molar-refractivity contribution in [2.24, 2.45) is 0 Å². The number of rotatable bonds is 5. The molecule has 128 valence electrons. The number of carbonyl (C=O) groups is 1. The van der Waals surface area contributed by atoms with Gasteiger partial charge in [0.2, 0.25) is 0 Å². The molecular formula is C18H15NO6. The van der Waals surface area contributed by atoms with Crippen molar-refractivity contribution < 1.29 is 29.0 Å². The average Bonchev–Trinajstić information content (AvgIpc) is 3.09. The Labute approximate surface area is 143 Å². The van der Waals surface area contributed by atoms with Crippen LogP contribution in [-0.2, 0) is 11.3 Å². The molecule has 2 aromatic carbocycles. The summed E-state index contributed by atoms with van der Waals surface area (Å²) in [6.07, 6.45) is 0. The molecule has 0 amide bonds. The summed E-state index contributed by atoms with van der Waals surface area (Å²) in [4.78, 5) is 12.0. The summed E-state index contributed by atoms with van der Waals surface area (Å²) in [5.74, 6) is -0.151. The van der Waals surface area contributed by atoms with Crippen LogP contribution in [0, 0.1) is 0 Å². The van der Waals surface area contributed by atoms with Crippen LogP contribution >= 0.6 is 0 Å². The monoisotopic (exact) mass is 341 g/mol. The van der Waals surface area contributed by atoms with Gasteiger partial charge in [0.15, 0.2) is 12.4 Å². The fourth-order valence-corrected chi connectivity index (χ4v) is 2.19. The zero-order valence-corrected chi connectivity index (χ0v) is 13.3. The molecule has 0 radical (unpaired) electrons. The fraction of sp³-hybridized carbons (Fsp3) is 0.111. The third-order valence-electron chi connectivity index (χ3n) is 3.49. The maximum absolute atomic E-state index is 12.0. The highest BCUT2D eigenvalue weighted by molar-refractivity contribution is 5.92. The van der Waals surface area contributed by atoms with Gasteiger partial charge < -0.3 is 24.2 Å². The third kappa shape index (κ3) is 3.72. The standard InChI is InChI=1S/C18H15NO6/c1-23-13-5-2-11(3-6-13)16-9-14(25-19-16)10-24-18(22)15-7-4-12(20)8-17(15)21/h2-9,20-21H,10H2,1H3. The van der Waals surface area contributed by atoms with E-state index in [1.165, 1.54) is 12.1 Å². The third-order valence-corrected chi connectivity index (χ3v) is 3.49. The van der Waals surface area contributed by atoms with E-state index in [1.54, 1.807) is 25.3 Å². The summed E-state index contributed by atoms with van der Waals surface area (Å²) in [7, 11) is 1.59. The van der Waals surface area contributed by atoms with Crippen LogP contribution in [0.4, 0.5) is 0 Å². The summed E-state index contributed by atoms with van der Waals surface area (Å²) in [6.45, 7) is -0.137. The minimum Gasteiger partial charge on any atom is -0.508 e. The number of aromatic nitrogens is 1. The topological polar surface area (TPSA) is 102 Å². The van der Waals surface area contributed by atoms with Gasteiger partial charge in [-0.3, -0.25) is 0 Å². The molecule has 3 rings (SSSR count). The summed E-state index contributed by atoms with van der Waals surface area (Å²) < 4.78 is 15.3. The highest BCUT2D eigenvalue weighted by Crippen LogP contribution is 2.25. The molecule has 0 atom stereocenters. The van der Waals surface area contributed by atoms with E-state index in [9.17, 15) is 15.0 Å². The van der Waals surface area contributed by atoms with Crippen molar-refractivity contribution in [3.63, 3.8) is 0 Å². The molecule has 0 fully saturated rings. The molecule has 0 saturated heterocycles. The Balaban J connectivity index is 1.66. The second-order valence-corrected chi connectivity index (χ2v) is 5.18. The Morgan fingerprint density at radius 3 is 2.56 bits per heavy atom. The van der Waals surface area contributed by atoms with E-state index in [4.69, 9.17) is 14.0 Å². The first-order valence-corrected chi connectivity index (χ1v) is 7.36. The molecule has 0 aliphatic rings. The van der Waals surface area contributed by atoms with E-state index in [-0.39, 0.29) is 23.7 Å². The number of aromatic hydroxyl groups is 2. The van der Waals surface area contributed by atoms with Crippen molar-refractivity contribution in [2.75, 3.05) is 7.11 Å². The number of methoxy groups -OCH3 is 1. The smallest absolute Gasteiger partial charge is 0.342 e. The normalized spacial score (nSPS) is 10.4. The molecule has 0 aliphatic heterocycles. The highest BCUT2D eigenvalue weighted by atomic mass is 16.5. The minimum atomic E-state index is -0.736. The maximum Gasteiger partial charge on any atom is 0.342 e. The summed E-state index contributed by atoms with van der Waals surface area (Å²) in [5.41, 5.74) is 1.38. The maximum atomic E-state index is 12.0. The van der Waals surface area contributed by atoms with Gasteiger partial charge in [-0.2, -0.15) is 0 Å². The second kappa shape index (κ2) is 6.96. The lowest BCUT2D eigenvalue weighted by Crippen LogP contribution is -2.05. The zero-order valence-electron chi connectivity index (χ0n) is 13.3. The minimum absolute atomic E-state index is 0.0484. The van der Waals surface area contributed by atoms with Crippen LogP contribution in [0.25, 0.3) is 11.3 Å². The largest absolute Gasteiger partial charge is 0.508 e. The fourth-order valence-electron chi connectivity index (χ4n) is 2.19. The second-order valence-electron chi connectivity index (χ2n) is 5.18. The Kier molecular flexibility index (Phi) is 4.56. The Bertz CT molecular complexity index is 885. The molecule has 25 heavy (non-hydrogen) atoms. The predicted molar refractivity (Wildman–Crippen MR) is 87.4 cm³/mol. The van der Waals surface area contributed by atoms with Crippen molar-refractivity contribution in [1.29, 1.82) is 0 Å². The number of phenols is 2. The molecular weight excluding hydrogens is 326 g/mol. The quantitative estimate of drug-likeness (QED) is 0.687. The van der Waals surface area contributed by atoms with E-state index in [0.29, 0.717) is 11.5 Å². The molecule has 0 aliphatic carbocycles. The molecule has 3 aromatic rings. The van der Waals surface area contributed by atoms with Gasteiger partial charge in [0.05, 0.1) is 7.11 Å². The molecule has 7 nitrogen and oxygen atoms in total. The summed E-state index contributed by atoms with van der Waals surface area (Å²) >= 11 is 0. The number of esters is 1. The van der Waals surface area contributed by atoms with E-state index in [1.807, 2.05) is 12.1 Å². The van der Waals surface area contributed by atoms with E-state index >= 15 is 0 Å². The van der Waals surface area contributed by atoms with Gasteiger partial charge in [-0.15, -0.1) is 0 Å². The van der Waals surface area contributed by atoms with E-state index in [0.717, 1.165) is 17.4 Å². The number of benzene rings is 2. The van der Waals surface area contributed by atoms with Crippen LogP contribution in [0.5, 0.6) is 17.2 Å². The molecule has 0 spiro atoms. The number of nitrogens with zero attached hydrogens (tertiary/aromatic N) is 1. The molecule has 1 heterocycles. The Morgan fingerprint density at radius 2 is 1.88 bits per heavy atom. The SMILES string of the molecule is COc1ccc(-c2cc(COC(=O)c3ccc(O)cc3O)on2)cc1. The van der Waals surface area contributed by atoms with Crippen molar-refractivity contribution >= 4 is 5.97 Å². The van der Waals surface area contributed by atoms with Gasteiger partial charge in [-0.05, 0) is 36.4 Å². The number of carbonyl (C=O) groups excluding carboxylic acids is 1. The van der Waals surface area contributed by atoms with Crippen LogP contribution in [0.3, 0.4) is 0 Å². The summed E-state index contributed by atoms with van der Waals surface area (Å²) in [6, 6.07) is 12.6. The lowest BCUT2D eigenvalue weighted by Gasteiger charge is -2.04. The lowest BCUT2D eigenvalue weighted by atomic mass is 10.1. The van der Waals surface area contributed by atoms with Gasteiger partial charge in [-0.1, -0.05) is 5.16 Å². The van der Waals surface area contributed by atoms with Gasteiger partial charge >= 0.3 is 5.97 Å². The van der Waals surface area contributed by atoms with Gasteiger partial charge in [0, 0.05) is 17.7 Å². The molecule has 0 unspecified atom stereocenters. The van der Waals surface area contributed by atoms with Crippen molar-refractivity contribution in [3.05, 3.63) is 59.9 Å². The molecule has 1 aromatic heterocycles. The van der Waals surface area contributed by atoms with Crippen molar-refractivity contribution in [2.45, 2.75) is 6.61 Å². The molecule has 2 N–H and O–H groups in total. The highest BCUT2D eigenvalue weighted by Gasteiger charge is 2.15. The number of hydrogen-bond donors (Lipinski definition) is 2. The number of phenolic OH excluding ortho intramolecular Hbond substituents is 2. The Hall–Kier alpha value is -3.48. The van der Waals surface area contributed by atoms with Crippen LogP contribution in [0.2, 0.25) is 0 Å². The van der Waals surface area contributed by atoms with Crippen LogP contribution in [0.1, 0.15) is 16.1 Å². The zero-order chi connectivity index (χ0) is 17.8. The average molecular weight is 341 g/mol. The molecule has 7 heteroatoms. The van der Waals surface area contributed by atoms with Gasteiger partial charge in [0.25, 0.3) is 0 Å². The van der Waals surface area contributed by atoms with Crippen LogP contribution in [-0.4, -0.2) is 28.4 Å². The molecule has 0 saturated carbocycles. The first kappa shape index (κ1) is 16.4. The van der Waals surface area contributed by atoms with Crippen LogP contribution in [0.15, 0.2) is 53.1 Å². The summed E-state index contributed by atoms with van der Waals surface area (Å²) in [5, 5.41) is 22.8. The number of hydrogen-bond acceptors (Lipinski definition) is 7. The van der Waals surface area contributed by atoms with Gasteiger partial charge in [-0.25, -0.2) is 4.79 Å². The number of ether oxygens (including phenoxy) is 2. The van der Waals surface area contributed by atoms with Crippen molar-refractivity contribution in [3.8, 4) is 28.5 Å². The Morgan fingerprint density at radius 1 is 1.12 bits per heavy atom.